The molecule has 33 heavy (non-hydrogen) atoms. The average molecular weight is 454 g/mol. The molecule has 0 aliphatic rings. The second kappa shape index (κ2) is 20.9. The second-order valence-electron chi connectivity index (χ2n) is 7.13. The van der Waals surface area contributed by atoms with E-state index in [2.05, 4.69) is 18.2 Å². The molecule has 0 radical (unpaired) electrons. The largest absolute Gasteiger partial charge is 0.361 e. The van der Waals surface area contributed by atoms with E-state index in [9.17, 15) is 4.79 Å². The molecule has 0 aliphatic carbocycles. The predicted octanol–water partition coefficient (Wildman–Crippen LogP) is 8.44. The van der Waals surface area contributed by atoms with Crippen molar-refractivity contribution in [1.29, 1.82) is 10.7 Å². The van der Waals surface area contributed by atoms with Crippen molar-refractivity contribution in [3.8, 4) is 17.3 Å². The molecule has 1 atom stereocenters. The number of aromatic nitrogens is 1. The van der Waals surface area contributed by atoms with Crippen LogP contribution in [0.1, 0.15) is 91.9 Å². The highest BCUT2D eigenvalue weighted by Crippen LogP contribution is 2.22. The van der Waals surface area contributed by atoms with E-state index in [1.807, 2.05) is 84.9 Å². The summed E-state index contributed by atoms with van der Waals surface area (Å²) in [6.07, 6.45) is 7.89. The van der Waals surface area contributed by atoms with E-state index in [4.69, 9.17) is 15.2 Å². The number of nitrogens with zero attached hydrogens (tertiary/aromatic N) is 2. The Morgan fingerprint density at radius 2 is 1.76 bits per heavy atom. The zero-order chi connectivity index (χ0) is 25.6. The third-order valence-electron chi connectivity index (χ3n) is 4.62. The van der Waals surface area contributed by atoms with Crippen molar-refractivity contribution in [3.05, 3.63) is 47.7 Å². The summed E-state index contributed by atoms with van der Waals surface area (Å²) in [4.78, 5) is 10.7. The van der Waals surface area contributed by atoms with Gasteiger partial charge in [0.1, 0.15) is 17.2 Å². The maximum atomic E-state index is 10.7. The molecule has 5 nitrogen and oxygen atoms in total. The summed E-state index contributed by atoms with van der Waals surface area (Å²) in [7, 11) is 0. The third-order valence-corrected chi connectivity index (χ3v) is 4.62. The number of unbranched alkanes of at least 4 members (excludes halogenated alkanes) is 1. The number of hydrogen-bond donors (Lipinski definition) is 1. The highest BCUT2D eigenvalue weighted by Gasteiger charge is 2.06. The molecule has 0 aliphatic heterocycles. The van der Waals surface area contributed by atoms with Gasteiger partial charge in [-0.2, -0.15) is 5.26 Å². The van der Waals surface area contributed by atoms with Gasteiger partial charge in [-0.3, -0.25) is 4.79 Å². The van der Waals surface area contributed by atoms with Crippen molar-refractivity contribution < 1.29 is 9.32 Å². The highest BCUT2D eigenvalue weighted by molar-refractivity contribution is 6.08. The van der Waals surface area contributed by atoms with Crippen LogP contribution < -0.4 is 0 Å². The number of rotatable bonds is 8. The van der Waals surface area contributed by atoms with Crippen molar-refractivity contribution in [2.75, 3.05) is 0 Å². The summed E-state index contributed by atoms with van der Waals surface area (Å²) in [5.41, 5.74) is 3.90. The summed E-state index contributed by atoms with van der Waals surface area (Å²) < 4.78 is 5.07. The Bertz CT molecular complexity index is 843. The lowest BCUT2D eigenvalue weighted by molar-refractivity contribution is -0.122. The van der Waals surface area contributed by atoms with Crippen molar-refractivity contribution in [2.24, 2.45) is 5.92 Å². The quantitative estimate of drug-likeness (QED) is 0.406. The molecule has 0 saturated heterocycles. The number of nitriles is 1. The molecular weight excluding hydrogens is 410 g/mol. The lowest BCUT2D eigenvalue weighted by atomic mass is 10.0. The van der Waals surface area contributed by atoms with E-state index in [1.165, 1.54) is 6.21 Å². The van der Waals surface area contributed by atoms with E-state index < -0.39 is 0 Å². The lowest BCUT2D eigenvalue weighted by Crippen LogP contribution is -2.06. The van der Waals surface area contributed by atoms with Gasteiger partial charge >= 0.3 is 0 Å². The summed E-state index contributed by atoms with van der Waals surface area (Å²) in [6, 6.07) is 11.9. The maximum Gasteiger partial charge on any atom is 0.135 e. The number of Topliss-reactive ketones (excluding diaryl/α,β-unsaturated/α-hetero) is 1. The standard InChI is InChI=1S/C16H18N2O.C7H14O.C3H5N.C2H6/c1-3-4-5-15(11-17)13-6-8-14(9-7-13)16-10-12(2)19-18-16;1-4-6(3)7(8)5-2;1-2-3-4;1-2/h5-11,17H,3-4H2,1-2H3;6H,4-5H2,1-3H3;2H2,1H3;1-2H3/b15-5+,17-11?;;;. The van der Waals surface area contributed by atoms with Gasteiger partial charge in [-0.15, -0.1) is 0 Å². The number of carbonyl (C=O) groups is 1. The topological polar surface area (TPSA) is 90.7 Å². The van der Waals surface area contributed by atoms with Crippen molar-refractivity contribution in [3.63, 3.8) is 0 Å². The minimum absolute atomic E-state index is 0.278. The van der Waals surface area contributed by atoms with Crippen LogP contribution in [0.5, 0.6) is 0 Å². The average Bonchev–Trinajstić information content (AvgIpc) is 3.31. The molecule has 0 saturated carbocycles. The molecule has 0 fully saturated rings. The Kier molecular flexibility index (Phi) is 20.4. The first-order valence-corrected chi connectivity index (χ1v) is 12.0. The minimum atomic E-state index is 0.278. The number of hydrogen-bond acceptors (Lipinski definition) is 5. The Hall–Kier alpha value is -3.00. The van der Waals surface area contributed by atoms with Gasteiger partial charge in [0.15, 0.2) is 0 Å². The summed E-state index contributed by atoms with van der Waals surface area (Å²) >= 11 is 0. The van der Waals surface area contributed by atoms with Crippen LogP contribution in [0.25, 0.3) is 16.8 Å². The van der Waals surface area contributed by atoms with Gasteiger partial charge < -0.3 is 9.93 Å². The molecule has 1 heterocycles. The molecule has 0 spiro atoms. The van der Waals surface area contributed by atoms with Gasteiger partial charge in [0, 0.05) is 36.6 Å². The minimum Gasteiger partial charge on any atom is -0.361 e. The third kappa shape index (κ3) is 13.9. The van der Waals surface area contributed by atoms with Crippen molar-refractivity contribution >= 4 is 17.6 Å². The molecule has 1 aromatic carbocycles. The smallest absolute Gasteiger partial charge is 0.135 e. The van der Waals surface area contributed by atoms with E-state index in [0.29, 0.717) is 18.6 Å². The van der Waals surface area contributed by atoms with Crippen LogP contribution in [0.2, 0.25) is 0 Å². The van der Waals surface area contributed by atoms with Gasteiger partial charge in [0.2, 0.25) is 0 Å². The number of aryl methyl sites for hydroxylation is 1. The second-order valence-corrected chi connectivity index (χ2v) is 7.13. The number of allylic oxidation sites excluding steroid dienone is 2. The summed E-state index contributed by atoms with van der Waals surface area (Å²) in [5, 5.41) is 19.1. The molecule has 0 amide bonds. The zero-order valence-electron chi connectivity index (χ0n) is 21.9. The van der Waals surface area contributed by atoms with Crippen LogP contribution in [0.4, 0.5) is 0 Å². The molecule has 0 bridgehead atoms. The molecule has 1 N–H and O–H groups in total. The first-order valence-electron chi connectivity index (χ1n) is 12.0. The van der Waals surface area contributed by atoms with E-state index >= 15 is 0 Å². The SMILES string of the molecule is CC.CCC#N.CCC(=O)C(C)CC.CCC/C=C(\C=N)c1ccc(-c2cc(C)on2)cc1. The molecule has 5 heteroatoms. The van der Waals surface area contributed by atoms with Gasteiger partial charge in [-0.25, -0.2) is 0 Å². The zero-order valence-corrected chi connectivity index (χ0v) is 21.9. The Balaban J connectivity index is 0. The number of benzene rings is 1. The van der Waals surface area contributed by atoms with E-state index in [-0.39, 0.29) is 5.92 Å². The summed E-state index contributed by atoms with van der Waals surface area (Å²) in [5.74, 6) is 1.47. The first-order chi connectivity index (χ1) is 15.9. The normalized spacial score (nSPS) is 10.7. The fourth-order valence-electron chi connectivity index (χ4n) is 2.47. The molecule has 1 aromatic heterocycles. The monoisotopic (exact) mass is 453 g/mol. The van der Waals surface area contributed by atoms with Crippen molar-refractivity contribution in [1.82, 2.24) is 5.16 Å². The van der Waals surface area contributed by atoms with E-state index in [1.54, 1.807) is 0 Å². The molecule has 2 aromatic rings. The molecule has 182 valence electrons. The predicted molar refractivity (Wildman–Crippen MR) is 140 cm³/mol. The number of nitrogens with one attached hydrogen (secondary N) is 1. The lowest BCUT2D eigenvalue weighted by Gasteiger charge is -2.03. The van der Waals surface area contributed by atoms with Crippen LogP contribution in [0.3, 0.4) is 0 Å². The molecule has 1 unspecified atom stereocenters. The number of ketones is 1. The number of carbonyl (C=O) groups excluding carboxylic acids is 1. The van der Waals surface area contributed by atoms with Crippen LogP contribution >= 0.6 is 0 Å². The summed E-state index contributed by atoms with van der Waals surface area (Å²) in [6.45, 7) is 15.8. The first kappa shape index (κ1) is 32.2. The maximum absolute atomic E-state index is 10.7. The van der Waals surface area contributed by atoms with Crippen LogP contribution in [-0.4, -0.2) is 17.2 Å². The highest BCUT2D eigenvalue weighted by atomic mass is 16.5. The van der Waals surface area contributed by atoms with Gasteiger partial charge in [-0.05, 0) is 30.9 Å². The fourth-order valence-corrected chi connectivity index (χ4v) is 2.47. The van der Waals surface area contributed by atoms with Gasteiger partial charge in [0.25, 0.3) is 0 Å². The van der Waals surface area contributed by atoms with Gasteiger partial charge in [-0.1, -0.05) is 90.4 Å². The Morgan fingerprint density at radius 3 is 2.09 bits per heavy atom. The van der Waals surface area contributed by atoms with Gasteiger partial charge in [0.05, 0.1) is 6.07 Å². The molecule has 2 rings (SSSR count). The van der Waals surface area contributed by atoms with Crippen LogP contribution in [0.15, 0.2) is 40.9 Å². The Morgan fingerprint density at radius 1 is 1.18 bits per heavy atom. The van der Waals surface area contributed by atoms with Crippen LogP contribution in [0, 0.1) is 29.6 Å². The van der Waals surface area contributed by atoms with Crippen LogP contribution in [-0.2, 0) is 4.79 Å². The molecular formula is C28H43N3O2. The fraction of sp³-hybridized carbons (Fsp3) is 0.500. The van der Waals surface area contributed by atoms with Crippen molar-refractivity contribution in [2.45, 2.75) is 87.5 Å². The van der Waals surface area contributed by atoms with E-state index in [0.717, 1.165) is 47.4 Å². The Labute approximate surface area is 201 Å².